The van der Waals surface area contributed by atoms with Crippen molar-refractivity contribution in [2.75, 3.05) is 6.61 Å². The Balaban J connectivity index is 1.60. The van der Waals surface area contributed by atoms with Gasteiger partial charge in [-0.1, -0.05) is 97.3 Å². The van der Waals surface area contributed by atoms with Crippen molar-refractivity contribution in [3.8, 4) is 22.9 Å². The third-order valence-corrected chi connectivity index (χ3v) is 6.22. The Morgan fingerprint density at radius 1 is 0.657 bits per heavy atom. The number of rotatable bonds is 20. The first kappa shape index (κ1) is 28.8. The average molecular weight is 483 g/mol. The first-order chi connectivity index (χ1) is 17.2. The number of aromatic nitrogens is 2. The molecule has 0 radical (unpaired) electrons. The molecule has 0 saturated heterocycles. The van der Waals surface area contributed by atoms with Crippen LogP contribution in [0.4, 0.5) is 0 Å². The highest BCUT2D eigenvalue weighted by atomic mass is 16.5. The highest BCUT2D eigenvalue weighted by Gasteiger charge is 2.07. The fourth-order valence-electron chi connectivity index (χ4n) is 4.05. The van der Waals surface area contributed by atoms with Gasteiger partial charge in [0.2, 0.25) is 0 Å². The van der Waals surface area contributed by atoms with E-state index in [1.165, 1.54) is 77.0 Å². The molecule has 194 valence electrons. The first-order valence-corrected chi connectivity index (χ1v) is 14.0. The minimum atomic E-state index is -0.221. The van der Waals surface area contributed by atoms with Crippen LogP contribution in [0.5, 0.6) is 11.5 Å². The molecule has 0 aliphatic carbocycles. The number of hydrogen-bond donors (Lipinski definition) is 0. The number of benzene rings is 1. The van der Waals surface area contributed by atoms with Crippen LogP contribution < -0.4 is 9.47 Å². The van der Waals surface area contributed by atoms with Crippen molar-refractivity contribution in [3.05, 3.63) is 36.7 Å². The third-order valence-electron chi connectivity index (χ3n) is 6.22. The third kappa shape index (κ3) is 13.3. The second-order valence-electron chi connectivity index (χ2n) is 9.44. The molecule has 35 heavy (non-hydrogen) atoms. The summed E-state index contributed by atoms with van der Waals surface area (Å²) in [4.78, 5) is 20.7. The standard InChI is InChI=1S/C30H46N2O3/c1-3-5-7-9-10-11-12-13-15-17-23-34-27-21-19-26(20-22-27)30-31-24-28(25-32-30)35-29(33)18-16-14-8-6-4-2/h19-22,24-25H,3-18,23H2,1-2H3. The molecular formula is C30H46N2O3. The van der Waals surface area contributed by atoms with Gasteiger partial charge in [-0.25, -0.2) is 9.97 Å². The van der Waals surface area contributed by atoms with Crippen molar-refractivity contribution >= 4 is 5.97 Å². The maximum Gasteiger partial charge on any atom is 0.311 e. The van der Waals surface area contributed by atoms with Gasteiger partial charge in [-0.2, -0.15) is 0 Å². The molecule has 0 saturated carbocycles. The smallest absolute Gasteiger partial charge is 0.311 e. The molecule has 0 aliphatic rings. The molecule has 0 bridgehead atoms. The van der Waals surface area contributed by atoms with Crippen LogP contribution in [0, 0.1) is 0 Å². The van der Waals surface area contributed by atoms with E-state index in [9.17, 15) is 4.79 Å². The molecule has 1 aromatic heterocycles. The summed E-state index contributed by atoms with van der Waals surface area (Å²) < 4.78 is 11.2. The van der Waals surface area contributed by atoms with E-state index in [0.717, 1.165) is 37.2 Å². The molecule has 0 aliphatic heterocycles. The van der Waals surface area contributed by atoms with Crippen LogP contribution in [0.3, 0.4) is 0 Å². The van der Waals surface area contributed by atoms with E-state index in [0.29, 0.717) is 18.0 Å². The number of ether oxygens (including phenoxy) is 2. The lowest BCUT2D eigenvalue weighted by molar-refractivity contribution is -0.134. The van der Waals surface area contributed by atoms with Crippen molar-refractivity contribution in [1.82, 2.24) is 9.97 Å². The zero-order valence-corrected chi connectivity index (χ0v) is 22.1. The lowest BCUT2D eigenvalue weighted by Crippen LogP contribution is -2.08. The van der Waals surface area contributed by atoms with Gasteiger partial charge in [-0.3, -0.25) is 4.79 Å². The second-order valence-corrected chi connectivity index (χ2v) is 9.44. The van der Waals surface area contributed by atoms with Crippen molar-refractivity contribution in [1.29, 1.82) is 0 Å². The van der Waals surface area contributed by atoms with Crippen molar-refractivity contribution in [2.24, 2.45) is 0 Å². The van der Waals surface area contributed by atoms with Crippen LogP contribution >= 0.6 is 0 Å². The van der Waals surface area contributed by atoms with E-state index in [1.807, 2.05) is 24.3 Å². The summed E-state index contributed by atoms with van der Waals surface area (Å²) in [5, 5.41) is 0. The molecule has 1 aromatic carbocycles. The molecular weight excluding hydrogens is 436 g/mol. The van der Waals surface area contributed by atoms with Crippen LogP contribution in [0.15, 0.2) is 36.7 Å². The van der Waals surface area contributed by atoms with Gasteiger partial charge in [0.15, 0.2) is 11.6 Å². The SMILES string of the molecule is CCCCCCCCCCCCOc1ccc(-c2ncc(OC(=O)CCCCCCC)cn2)cc1. The van der Waals surface area contributed by atoms with Crippen molar-refractivity contribution in [3.63, 3.8) is 0 Å². The quantitative estimate of drug-likeness (QED) is 0.139. The Hall–Kier alpha value is -2.43. The largest absolute Gasteiger partial charge is 0.494 e. The first-order valence-electron chi connectivity index (χ1n) is 14.0. The lowest BCUT2D eigenvalue weighted by atomic mass is 10.1. The van der Waals surface area contributed by atoms with Crippen LogP contribution in [0.1, 0.15) is 117 Å². The number of nitrogens with zero attached hydrogens (tertiary/aromatic N) is 2. The van der Waals surface area contributed by atoms with Gasteiger partial charge in [0.25, 0.3) is 0 Å². The maximum absolute atomic E-state index is 12.0. The monoisotopic (exact) mass is 482 g/mol. The van der Waals surface area contributed by atoms with Gasteiger partial charge in [0.1, 0.15) is 5.75 Å². The van der Waals surface area contributed by atoms with Gasteiger partial charge < -0.3 is 9.47 Å². The maximum atomic E-state index is 12.0. The Kier molecular flexibility index (Phi) is 15.5. The molecule has 2 rings (SSSR count). The molecule has 5 heteroatoms. The van der Waals surface area contributed by atoms with Crippen LogP contribution in [-0.4, -0.2) is 22.5 Å². The van der Waals surface area contributed by atoms with Gasteiger partial charge in [0.05, 0.1) is 19.0 Å². The van der Waals surface area contributed by atoms with Crippen molar-refractivity contribution < 1.29 is 14.3 Å². The Morgan fingerprint density at radius 2 is 1.17 bits per heavy atom. The summed E-state index contributed by atoms with van der Waals surface area (Å²) in [5.41, 5.74) is 0.907. The second kappa shape index (κ2) is 18.8. The number of esters is 1. The summed E-state index contributed by atoms with van der Waals surface area (Å²) in [6.45, 7) is 5.20. The minimum Gasteiger partial charge on any atom is -0.494 e. The summed E-state index contributed by atoms with van der Waals surface area (Å²) in [6.07, 6.45) is 22.3. The van der Waals surface area contributed by atoms with Crippen LogP contribution in [-0.2, 0) is 4.79 Å². The predicted molar refractivity (Wildman–Crippen MR) is 144 cm³/mol. The predicted octanol–water partition coefficient (Wildman–Crippen LogP) is 8.71. The highest BCUT2D eigenvalue weighted by molar-refractivity contribution is 5.72. The Morgan fingerprint density at radius 3 is 1.74 bits per heavy atom. The van der Waals surface area contributed by atoms with E-state index in [-0.39, 0.29) is 5.97 Å². The zero-order valence-electron chi connectivity index (χ0n) is 22.1. The van der Waals surface area contributed by atoms with Crippen molar-refractivity contribution in [2.45, 2.75) is 117 Å². The summed E-state index contributed by atoms with van der Waals surface area (Å²) in [7, 11) is 0. The zero-order chi connectivity index (χ0) is 25.0. The molecule has 0 fully saturated rings. The summed E-state index contributed by atoms with van der Waals surface area (Å²) in [5.74, 6) is 1.64. The highest BCUT2D eigenvalue weighted by Crippen LogP contribution is 2.21. The fourth-order valence-corrected chi connectivity index (χ4v) is 4.05. The summed E-state index contributed by atoms with van der Waals surface area (Å²) in [6, 6.07) is 7.85. The minimum absolute atomic E-state index is 0.221. The molecule has 0 spiro atoms. The molecule has 5 nitrogen and oxygen atoms in total. The molecule has 0 atom stereocenters. The number of carbonyl (C=O) groups is 1. The molecule has 0 amide bonds. The van der Waals surface area contributed by atoms with E-state index in [4.69, 9.17) is 9.47 Å². The topological polar surface area (TPSA) is 61.3 Å². The molecule has 0 unspecified atom stereocenters. The number of carbonyl (C=O) groups excluding carboxylic acids is 1. The van der Waals surface area contributed by atoms with E-state index in [1.54, 1.807) is 12.4 Å². The molecule has 1 heterocycles. The summed E-state index contributed by atoms with van der Waals surface area (Å²) >= 11 is 0. The normalized spacial score (nSPS) is 10.9. The van der Waals surface area contributed by atoms with Gasteiger partial charge in [0, 0.05) is 12.0 Å². The number of hydrogen-bond acceptors (Lipinski definition) is 5. The fraction of sp³-hybridized carbons (Fsp3) is 0.633. The lowest BCUT2D eigenvalue weighted by Gasteiger charge is -2.08. The van der Waals surface area contributed by atoms with Crippen LogP contribution in [0.2, 0.25) is 0 Å². The van der Waals surface area contributed by atoms with E-state index >= 15 is 0 Å². The average Bonchev–Trinajstić information content (AvgIpc) is 2.88. The van der Waals surface area contributed by atoms with E-state index in [2.05, 4.69) is 23.8 Å². The van der Waals surface area contributed by atoms with Gasteiger partial charge in [-0.05, 0) is 37.1 Å². The molecule has 2 aromatic rings. The van der Waals surface area contributed by atoms with Gasteiger partial charge >= 0.3 is 5.97 Å². The van der Waals surface area contributed by atoms with Gasteiger partial charge in [-0.15, -0.1) is 0 Å². The van der Waals surface area contributed by atoms with E-state index < -0.39 is 0 Å². The van der Waals surface area contributed by atoms with Crippen LogP contribution in [0.25, 0.3) is 11.4 Å². The Labute approximate surface area is 213 Å². The Bertz CT molecular complexity index is 790. The number of unbranched alkanes of at least 4 members (excludes halogenated alkanes) is 13. The molecule has 0 N–H and O–H groups in total.